The largest absolute Gasteiger partial charge is 0.434 e. The Labute approximate surface area is 180 Å². The Hall–Kier alpha value is -1.27. The molecule has 1 aliphatic heterocycles. The lowest BCUT2D eigenvalue weighted by atomic mass is 10.0. The zero-order valence-corrected chi connectivity index (χ0v) is 18.6. The number of hydrogen-bond acceptors (Lipinski definition) is 4. The van der Waals surface area contributed by atoms with Crippen molar-refractivity contribution < 1.29 is 22.6 Å². The summed E-state index contributed by atoms with van der Waals surface area (Å²) in [6, 6.07) is 3.84. The van der Waals surface area contributed by atoms with Crippen LogP contribution < -0.4 is 15.4 Å². The summed E-state index contributed by atoms with van der Waals surface area (Å²) >= 11 is 0. The van der Waals surface area contributed by atoms with E-state index in [1.165, 1.54) is 18.2 Å². The summed E-state index contributed by atoms with van der Waals surface area (Å²) in [7, 11) is 1.59. The molecule has 1 fully saturated rings. The number of hydrogen-bond donors (Lipinski definition) is 2. The monoisotopic (exact) mass is 516 g/mol. The van der Waals surface area contributed by atoms with Gasteiger partial charge in [0.2, 0.25) is 0 Å². The van der Waals surface area contributed by atoms with Crippen molar-refractivity contribution in [2.24, 2.45) is 4.99 Å². The second-order valence-electron chi connectivity index (χ2n) is 6.79. The van der Waals surface area contributed by atoms with E-state index in [1.807, 2.05) is 0 Å². The van der Waals surface area contributed by atoms with Crippen LogP contribution in [-0.2, 0) is 11.3 Å². The third-order valence-electron chi connectivity index (χ3n) is 4.50. The first-order valence-electron chi connectivity index (χ1n) is 8.83. The predicted octanol–water partition coefficient (Wildman–Crippen LogP) is 2.82. The van der Waals surface area contributed by atoms with E-state index >= 15 is 0 Å². The second kappa shape index (κ2) is 11.7. The summed E-state index contributed by atoms with van der Waals surface area (Å²) in [5, 5.41) is 6.15. The van der Waals surface area contributed by atoms with Gasteiger partial charge in [0.25, 0.3) is 0 Å². The van der Waals surface area contributed by atoms with E-state index in [2.05, 4.69) is 39.1 Å². The molecule has 0 atom stereocenters. The van der Waals surface area contributed by atoms with Crippen molar-refractivity contribution in [1.29, 1.82) is 0 Å². The van der Waals surface area contributed by atoms with Crippen LogP contribution >= 0.6 is 24.0 Å². The van der Waals surface area contributed by atoms with Crippen LogP contribution in [0.5, 0.6) is 5.75 Å². The molecule has 0 unspecified atom stereocenters. The van der Waals surface area contributed by atoms with Crippen molar-refractivity contribution in [1.82, 2.24) is 15.5 Å². The topological polar surface area (TPSA) is 58.1 Å². The summed E-state index contributed by atoms with van der Waals surface area (Å²) in [5.74, 6) is -0.367. The molecule has 0 aliphatic carbocycles. The number of nitrogens with one attached hydrogen (secondary N) is 2. The lowest BCUT2D eigenvalue weighted by molar-refractivity contribution is -0.0506. The van der Waals surface area contributed by atoms with E-state index < -0.39 is 12.4 Å². The minimum absolute atomic E-state index is 0. The molecule has 0 amide bonds. The highest BCUT2D eigenvalue weighted by Gasteiger charge is 2.28. The van der Waals surface area contributed by atoms with Crippen LogP contribution in [0, 0.1) is 5.82 Å². The molecule has 1 heterocycles. The average Bonchev–Trinajstić information content (AvgIpc) is 2.64. The van der Waals surface area contributed by atoms with E-state index in [0.29, 0.717) is 25.7 Å². The highest BCUT2D eigenvalue weighted by molar-refractivity contribution is 14.0. The number of halogens is 4. The molecule has 0 spiro atoms. The van der Waals surface area contributed by atoms with Gasteiger partial charge < -0.3 is 20.1 Å². The van der Waals surface area contributed by atoms with Crippen molar-refractivity contribution in [2.45, 2.75) is 32.5 Å². The molecule has 0 radical (unpaired) electrons. The van der Waals surface area contributed by atoms with Gasteiger partial charge in [-0.2, -0.15) is 8.78 Å². The minimum atomic E-state index is -3.02. The fraction of sp³-hybridized carbons (Fsp3) is 0.611. The first-order valence-corrected chi connectivity index (χ1v) is 8.83. The smallest absolute Gasteiger partial charge is 0.387 e. The summed E-state index contributed by atoms with van der Waals surface area (Å²) < 4.78 is 48.8. The van der Waals surface area contributed by atoms with Gasteiger partial charge in [-0.05, 0) is 26.0 Å². The van der Waals surface area contributed by atoms with Gasteiger partial charge in [-0.25, -0.2) is 4.39 Å². The zero-order valence-electron chi connectivity index (χ0n) is 16.3. The minimum Gasteiger partial charge on any atom is -0.434 e. The van der Waals surface area contributed by atoms with Gasteiger partial charge in [-0.1, -0.05) is 6.07 Å². The number of ether oxygens (including phenoxy) is 2. The number of morpholine rings is 1. The van der Waals surface area contributed by atoms with Gasteiger partial charge in [0.1, 0.15) is 11.6 Å². The van der Waals surface area contributed by atoms with Crippen molar-refractivity contribution in [3.63, 3.8) is 0 Å². The molecule has 1 aromatic carbocycles. The van der Waals surface area contributed by atoms with Crippen LogP contribution in [0.2, 0.25) is 0 Å². The fourth-order valence-corrected chi connectivity index (χ4v) is 2.89. The van der Waals surface area contributed by atoms with Crippen LogP contribution in [0.4, 0.5) is 13.2 Å². The van der Waals surface area contributed by atoms with Crippen LogP contribution in [0.15, 0.2) is 23.2 Å². The first kappa shape index (κ1) is 24.8. The molecule has 2 rings (SSSR count). The summed E-state index contributed by atoms with van der Waals surface area (Å²) in [4.78, 5) is 6.43. The number of alkyl halides is 2. The van der Waals surface area contributed by atoms with Crippen molar-refractivity contribution >= 4 is 29.9 Å². The van der Waals surface area contributed by atoms with Gasteiger partial charge in [0.05, 0.1) is 13.2 Å². The summed E-state index contributed by atoms with van der Waals surface area (Å²) in [6.45, 7) is 4.89. The molecule has 1 saturated heterocycles. The highest BCUT2D eigenvalue weighted by Crippen LogP contribution is 2.23. The summed E-state index contributed by atoms with van der Waals surface area (Å²) in [5.41, 5.74) is -0.114. The van der Waals surface area contributed by atoms with Crippen LogP contribution in [0.25, 0.3) is 0 Å². The maximum atomic E-state index is 14.0. The van der Waals surface area contributed by atoms with Gasteiger partial charge in [-0.15, -0.1) is 24.0 Å². The van der Waals surface area contributed by atoms with E-state index in [9.17, 15) is 13.2 Å². The van der Waals surface area contributed by atoms with E-state index in [0.717, 1.165) is 13.1 Å². The van der Waals surface area contributed by atoms with E-state index in [-0.39, 0.29) is 47.4 Å². The molecule has 6 nitrogen and oxygen atoms in total. The molecule has 160 valence electrons. The standard InChI is InChI=1S/C18H27F3N4O2.HI/c1-18(2,25-7-9-26-10-8-25)12-24-17(22-3)23-11-13-14(19)5-4-6-15(13)27-16(20)21;/h4-6,16H,7-12H2,1-3H3,(H2,22,23,24);1H. The number of nitrogens with zero attached hydrogens (tertiary/aromatic N) is 2. The molecule has 28 heavy (non-hydrogen) atoms. The Balaban J connectivity index is 0.00000392. The molecule has 1 aromatic rings. The molecule has 0 saturated carbocycles. The molecule has 10 heteroatoms. The van der Waals surface area contributed by atoms with E-state index in [1.54, 1.807) is 7.05 Å². The SMILES string of the molecule is CN=C(NCc1c(F)cccc1OC(F)F)NCC(C)(C)N1CCOCC1.I. The fourth-order valence-electron chi connectivity index (χ4n) is 2.89. The first-order chi connectivity index (χ1) is 12.8. The predicted molar refractivity (Wildman–Crippen MR) is 113 cm³/mol. The maximum Gasteiger partial charge on any atom is 0.387 e. The average molecular weight is 516 g/mol. The van der Waals surface area contributed by atoms with Crippen LogP contribution in [0.1, 0.15) is 19.4 Å². The molecule has 1 aliphatic rings. The third kappa shape index (κ3) is 7.28. The maximum absolute atomic E-state index is 14.0. The van der Waals surface area contributed by atoms with Gasteiger partial charge in [0, 0.05) is 44.3 Å². The summed E-state index contributed by atoms with van der Waals surface area (Å²) in [6.07, 6.45) is 0. The van der Waals surface area contributed by atoms with Gasteiger partial charge in [0.15, 0.2) is 5.96 Å². The van der Waals surface area contributed by atoms with E-state index in [4.69, 9.17) is 4.74 Å². The molecule has 0 bridgehead atoms. The molecular formula is C18H28F3IN4O2. The van der Waals surface area contributed by atoms with Gasteiger partial charge >= 0.3 is 6.61 Å². The van der Waals surface area contributed by atoms with Crippen LogP contribution in [-0.4, -0.2) is 62.9 Å². The highest BCUT2D eigenvalue weighted by atomic mass is 127. The number of rotatable bonds is 7. The molecule has 0 aromatic heterocycles. The molecule has 2 N–H and O–H groups in total. The Morgan fingerprint density at radius 1 is 1.29 bits per heavy atom. The second-order valence-corrected chi connectivity index (χ2v) is 6.79. The van der Waals surface area contributed by atoms with Crippen molar-refractivity contribution in [3.8, 4) is 5.75 Å². The van der Waals surface area contributed by atoms with Gasteiger partial charge in [-0.3, -0.25) is 9.89 Å². The Kier molecular flexibility index (Phi) is 10.3. The number of aliphatic imine (C=N–C) groups is 1. The lowest BCUT2D eigenvalue weighted by Gasteiger charge is -2.41. The third-order valence-corrected chi connectivity index (χ3v) is 4.50. The Bertz CT molecular complexity index is 641. The Morgan fingerprint density at radius 3 is 2.57 bits per heavy atom. The van der Waals surface area contributed by atoms with Crippen LogP contribution in [0.3, 0.4) is 0 Å². The number of guanidine groups is 1. The number of benzene rings is 1. The molecular weight excluding hydrogens is 488 g/mol. The van der Waals surface area contributed by atoms with Crippen molar-refractivity contribution in [2.75, 3.05) is 39.9 Å². The quantitative estimate of drug-likeness (QED) is 0.332. The Morgan fingerprint density at radius 2 is 1.96 bits per heavy atom. The van der Waals surface area contributed by atoms with Crippen molar-refractivity contribution in [3.05, 3.63) is 29.6 Å². The lowest BCUT2D eigenvalue weighted by Crippen LogP contribution is -2.56. The zero-order chi connectivity index (χ0) is 19.9. The normalized spacial score (nSPS) is 15.9.